The molecule has 0 aliphatic rings. The topological polar surface area (TPSA) is 29.3 Å². The molecule has 0 saturated heterocycles. The minimum absolute atomic E-state index is 0.820. The fraction of sp³-hybridized carbons (Fsp3) is 0.571. The van der Waals surface area contributed by atoms with E-state index in [1.807, 2.05) is 32.0 Å². The van der Waals surface area contributed by atoms with Gasteiger partial charge in [0.2, 0.25) is 0 Å². The maximum absolute atomic E-state index is 4.98. The molecule has 0 aromatic carbocycles. The molecule has 1 aromatic heterocycles. The highest BCUT2D eigenvalue weighted by Crippen LogP contribution is 2.03. The molecule has 56 valence electrons. The first-order valence-corrected chi connectivity index (χ1v) is 3.25. The fourth-order valence-electron chi connectivity index (χ4n) is 0.802. The Morgan fingerprint density at radius 3 is 2.70 bits per heavy atom. The van der Waals surface area contributed by atoms with Gasteiger partial charge in [0.25, 0.3) is 0 Å². The molecule has 10 heavy (non-hydrogen) atoms. The standard InChI is InChI=1S/C7H12N2O/c1-6-4-7(10-8-6)5-9(2)3/h4H,5H2,1-3H3. The summed E-state index contributed by atoms with van der Waals surface area (Å²) in [4.78, 5) is 2.04. The number of hydrogen-bond donors (Lipinski definition) is 0. The van der Waals surface area contributed by atoms with E-state index in [0.717, 1.165) is 18.0 Å². The lowest BCUT2D eigenvalue weighted by molar-refractivity contribution is 0.308. The number of aromatic nitrogens is 1. The van der Waals surface area contributed by atoms with Crippen molar-refractivity contribution in [2.45, 2.75) is 13.5 Å². The van der Waals surface area contributed by atoms with Crippen LogP contribution in [-0.2, 0) is 6.54 Å². The molecule has 0 radical (unpaired) electrons. The van der Waals surface area contributed by atoms with Crippen LogP contribution in [0.4, 0.5) is 0 Å². The van der Waals surface area contributed by atoms with Gasteiger partial charge in [-0.25, -0.2) is 0 Å². The largest absolute Gasteiger partial charge is 0.360 e. The smallest absolute Gasteiger partial charge is 0.150 e. The van der Waals surface area contributed by atoms with Crippen molar-refractivity contribution < 1.29 is 4.52 Å². The molecule has 0 N–H and O–H groups in total. The fourth-order valence-corrected chi connectivity index (χ4v) is 0.802. The molecule has 0 aliphatic heterocycles. The van der Waals surface area contributed by atoms with Crippen LogP contribution in [0.15, 0.2) is 10.6 Å². The Kier molecular flexibility index (Phi) is 2.06. The monoisotopic (exact) mass is 140 g/mol. The normalized spacial score (nSPS) is 10.8. The molecule has 0 unspecified atom stereocenters. The van der Waals surface area contributed by atoms with E-state index >= 15 is 0 Å². The van der Waals surface area contributed by atoms with Gasteiger partial charge in [-0.1, -0.05) is 5.16 Å². The molecule has 0 aliphatic carbocycles. The molecule has 0 fully saturated rings. The van der Waals surface area contributed by atoms with Gasteiger partial charge in [0.15, 0.2) is 5.76 Å². The zero-order chi connectivity index (χ0) is 7.56. The quantitative estimate of drug-likeness (QED) is 0.614. The Bertz CT molecular complexity index is 205. The minimum Gasteiger partial charge on any atom is -0.360 e. The third-order valence-electron chi connectivity index (χ3n) is 1.15. The second kappa shape index (κ2) is 2.84. The minimum atomic E-state index is 0.820. The Morgan fingerprint density at radius 1 is 1.60 bits per heavy atom. The first-order chi connectivity index (χ1) is 4.68. The molecule has 1 rings (SSSR count). The maximum atomic E-state index is 4.98. The summed E-state index contributed by atoms with van der Waals surface area (Å²) in [6.07, 6.45) is 0. The molecule has 1 heterocycles. The molecule has 0 amide bonds. The van der Waals surface area contributed by atoms with Crippen molar-refractivity contribution in [2.75, 3.05) is 14.1 Å². The van der Waals surface area contributed by atoms with Crippen LogP contribution in [0, 0.1) is 6.92 Å². The lowest BCUT2D eigenvalue weighted by Crippen LogP contribution is -2.09. The third kappa shape index (κ3) is 1.84. The van der Waals surface area contributed by atoms with E-state index in [-0.39, 0.29) is 0 Å². The third-order valence-corrected chi connectivity index (χ3v) is 1.15. The Labute approximate surface area is 60.6 Å². The van der Waals surface area contributed by atoms with E-state index in [1.54, 1.807) is 0 Å². The van der Waals surface area contributed by atoms with Crippen molar-refractivity contribution in [3.63, 3.8) is 0 Å². The average molecular weight is 140 g/mol. The van der Waals surface area contributed by atoms with Gasteiger partial charge in [0, 0.05) is 6.07 Å². The van der Waals surface area contributed by atoms with E-state index in [4.69, 9.17) is 4.52 Å². The maximum Gasteiger partial charge on any atom is 0.150 e. The lowest BCUT2D eigenvalue weighted by Gasteiger charge is -2.03. The number of hydrogen-bond acceptors (Lipinski definition) is 3. The Balaban J connectivity index is 2.58. The number of aryl methyl sites for hydroxylation is 1. The zero-order valence-electron chi connectivity index (χ0n) is 6.59. The van der Waals surface area contributed by atoms with Crippen LogP contribution in [0.25, 0.3) is 0 Å². The van der Waals surface area contributed by atoms with Crippen molar-refractivity contribution in [1.29, 1.82) is 0 Å². The molecule has 0 spiro atoms. The van der Waals surface area contributed by atoms with E-state index in [0.29, 0.717) is 0 Å². The summed E-state index contributed by atoms with van der Waals surface area (Å²) in [5, 5.41) is 3.77. The van der Waals surface area contributed by atoms with Gasteiger partial charge >= 0.3 is 0 Å². The molecular weight excluding hydrogens is 128 g/mol. The molecule has 3 heteroatoms. The molecule has 1 aromatic rings. The van der Waals surface area contributed by atoms with Crippen molar-refractivity contribution in [1.82, 2.24) is 10.1 Å². The van der Waals surface area contributed by atoms with Crippen molar-refractivity contribution in [3.8, 4) is 0 Å². The van der Waals surface area contributed by atoms with Crippen molar-refractivity contribution >= 4 is 0 Å². The molecule has 3 nitrogen and oxygen atoms in total. The van der Waals surface area contributed by atoms with Crippen molar-refractivity contribution in [3.05, 3.63) is 17.5 Å². The predicted molar refractivity (Wildman–Crippen MR) is 38.6 cm³/mol. The highest BCUT2D eigenvalue weighted by atomic mass is 16.5. The number of rotatable bonds is 2. The van der Waals surface area contributed by atoms with Crippen LogP contribution in [0.3, 0.4) is 0 Å². The average Bonchev–Trinajstić information content (AvgIpc) is 2.13. The second-order valence-electron chi connectivity index (χ2n) is 2.67. The van der Waals surface area contributed by atoms with Gasteiger partial charge in [0.05, 0.1) is 12.2 Å². The van der Waals surface area contributed by atoms with Gasteiger partial charge in [-0.2, -0.15) is 0 Å². The van der Waals surface area contributed by atoms with Gasteiger partial charge in [0.1, 0.15) is 0 Å². The molecule has 0 bridgehead atoms. The van der Waals surface area contributed by atoms with E-state index in [1.165, 1.54) is 0 Å². The summed E-state index contributed by atoms with van der Waals surface area (Å²) in [6, 6.07) is 1.94. The summed E-state index contributed by atoms with van der Waals surface area (Å²) in [5.41, 5.74) is 0.942. The summed E-state index contributed by atoms with van der Waals surface area (Å²) in [5.74, 6) is 0.919. The number of nitrogens with zero attached hydrogens (tertiary/aromatic N) is 2. The van der Waals surface area contributed by atoms with Crippen molar-refractivity contribution in [2.24, 2.45) is 0 Å². The van der Waals surface area contributed by atoms with Crippen LogP contribution in [-0.4, -0.2) is 24.2 Å². The first kappa shape index (κ1) is 7.28. The summed E-state index contributed by atoms with van der Waals surface area (Å²) < 4.78 is 4.98. The van der Waals surface area contributed by atoms with Gasteiger partial charge in [-0.05, 0) is 21.0 Å². The van der Waals surface area contributed by atoms with Crippen LogP contribution < -0.4 is 0 Å². The highest BCUT2D eigenvalue weighted by molar-refractivity contribution is 5.02. The summed E-state index contributed by atoms with van der Waals surface area (Å²) in [6.45, 7) is 2.74. The molecular formula is C7H12N2O. The lowest BCUT2D eigenvalue weighted by atomic mass is 10.4. The molecule has 0 saturated carbocycles. The van der Waals surface area contributed by atoms with Gasteiger partial charge in [-0.3, -0.25) is 0 Å². The van der Waals surface area contributed by atoms with E-state index < -0.39 is 0 Å². The van der Waals surface area contributed by atoms with Crippen LogP contribution >= 0.6 is 0 Å². The predicted octanol–water partition coefficient (Wildman–Crippen LogP) is 1.04. The van der Waals surface area contributed by atoms with E-state index in [9.17, 15) is 0 Å². The summed E-state index contributed by atoms with van der Waals surface area (Å²) >= 11 is 0. The summed E-state index contributed by atoms with van der Waals surface area (Å²) in [7, 11) is 4.00. The van der Waals surface area contributed by atoms with Crippen LogP contribution in [0.2, 0.25) is 0 Å². The van der Waals surface area contributed by atoms with Gasteiger partial charge < -0.3 is 9.42 Å². The zero-order valence-corrected chi connectivity index (χ0v) is 6.59. The second-order valence-corrected chi connectivity index (χ2v) is 2.67. The SMILES string of the molecule is Cc1cc(CN(C)C)on1. The molecule has 0 atom stereocenters. The van der Waals surface area contributed by atoms with Crippen LogP contribution in [0.5, 0.6) is 0 Å². The Morgan fingerprint density at radius 2 is 2.30 bits per heavy atom. The van der Waals surface area contributed by atoms with Gasteiger partial charge in [-0.15, -0.1) is 0 Å². The first-order valence-electron chi connectivity index (χ1n) is 3.25. The van der Waals surface area contributed by atoms with E-state index in [2.05, 4.69) is 5.16 Å². The highest BCUT2D eigenvalue weighted by Gasteiger charge is 1.99. The van der Waals surface area contributed by atoms with Crippen LogP contribution in [0.1, 0.15) is 11.5 Å². The Hall–Kier alpha value is -0.830.